The van der Waals surface area contributed by atoms with E-state index in [0.717, 1.165) is 12.8 Å². The van der Waals surface area contributed by atoms with Crippen molar-refractivity contribution in [2.24, 2.45) is 5.92 Å². The summed E-state index contributed by atoms with van der Waals surface area (Å²) in [5.74, 6) is -3.18. The number of sulfonamides is 1. The van der Waals surface area contributed by atoms with Gasteiger partial charge < -0.3 is 24.8 Å². The lowest BCUT2D eigenvalue weighted by Gasteiger charge is -2.29. The molecule has 0 unspecified atom stereocenters. The van der Waals surface area contributed by atoms with Gasteiger partial charge in [-0.25, -0.2) is 22.8 Å². The number of rotatable bonds is 7. The smallest absolute Gasteiger partial charge is 0.274 e. The molecule has 2 saturated carbocycles. The molecule has 0 bridgehead atoms. The van der Waals surface area contributed by atoms with E-state index in [2.05, 4.69) is 46.4 Å². The first kappa shape index (κ1) is 36.9. The normalized spacial score (nSPS) is 27.1. The number of carbonyl (C=O) groups excluding carboxylic acids is 4. The Labute approximate surface area is 313 Å². The molecule has 282 valence electrons. The third kappa shape index (κ3) is 7.79. The van der Waals surface area contributed by atoms with E-state index in [4.69, 9.17) is 9.26 Å². The van der Waals surface area contributed by atoms with Gasteiger partial charge in [-0.3, -0.25) is 23.9 Å². The summed E-state index contributed by atoms with van der Waals surface area (Å²) in [5.41, 5.74) is -0.508. The van der Waals surface area contributed by atoms with Crippen molar-refractivity contribution in [3.8, 4) is 5.88 Å². The largest absolute Gasteiger partial charge is 0.471 e. The third-order valence-corrected chi connectivity index (χ3v) is 12.5. The number of aromatic nitrogens is 3. The second kappa shape index (κ2) is 14.4. The van der Waals surface area contributed by atoms with E-state index in [1.807, 2.05) is 12.2 Å². The summed E-state index contributed by atoms with van der Waals surface area (Å²) in [5, 5.41) is 8.72. The van der Waals surface area contributed by atoms with Crippen LogP contribution in [0.1, 0.15) is 79.7 Å². The van der Waals surface area contributed by atoms with Crippen LogP contribution in [0, 0.1) is 25.6 Å². The molecule has 4 heterocycles. The lowest BCUT2D eigenvalue weighted by molar-refractivity contribution is -0.141. The van der Waals surface area contributed by atoms with Crippen molar-refractivity contribution in [2.75, 3.05) is 6.54 Å². The van der Waals surface area contributed by atoms with E-state index >= 15 is 0 Å². The molecule has 2 aliphatic heterocycles. The average Bonchev–Trinajstić information content (AvgIpc) is 3.99. The fourth-order valence-corrected chi connectivity index (χ4v) is 8.85. The summed E-state index contributed by atoms with van der Waals surface area (Å²) in [6.45, 7) is 3.20. The van der Waals surface area contributed by atoms with Gasteiger partial charge >= 0.3 is 0 Å². The maximum Gasteiger partial charge on any atom is 0.274 e. The van der Waals surface area contributed by atoms with E-state index < -0.39 is 74.4 Å². The van der Waals surface area contributed by atoms with Crippen molar-refractivity contribution < 1.29 is 41.2 Å². The van der Waals surface area contributed by atoms with Crippen molar-refractivity contribution in [3.63, 3.8) is 0 Å². The Morgan fingerprint density at radius 3 is 2.64 bits per heavy atom. The number of halogens is 2. The first-order valence-corrected chi connectivity index (χ1v) is 20.0. The van der Waals surface area contributed by atoms with Crippen LogP contribution in [0.3, 0.4) is 0 Å². The highest BCUT2D eigenvalue weighted by atomic mass is 79.9. The predicted molar refractivity (Wildman–Crippen MR) is 190 cm³/mol. The molecule has 2 aliphatic carbocycles. The van der Waals surface area contributed by atoms with Gasteiger partial charge in [0.05, 0.1) is 17.3 Å². The van der Waals surface area contributed by atoms with E-state index in [1.165, 1.54) is 23.1 Å². The van der Waals surface area contributed by atoms with Crippen LogP contribution >= 0.6 is 15.9 Å². The van der Waals surface area contributed by atoms with Crippen LogP contribution in [-0.4, -0.2) is 87.6 Å². The van der Waals surface area contributed by atoms with E-state index in [1.54, 1.807) is 13.8 Å². The minimum absolute atomic E-state index is 0.00411. The second-order valence-electron chi connectivity index (χ2n) is 14.2. The quantitative estimate of drug-likeness (QED) is 0.296. The first-order chi connectivity index (χ1) is 25.2. The summed E-state index contributed by atoms with van der Waals surface area (Å²) in [6.07, 6.45) is 7.00. The molecule has 53 heavy (non-hydrogen) atoms. The zero-order chi connectivity index (χ0) is 37.7. The van der Waals surface area contributed by atoms with Gasteiger partial charge in [-0.1, -0.05) is 30.2 Å². The lowest BCUT2D eigenvalue weighted by atomic mass is 10.0. The Morgan fingerprint density at radius 2 is 1.91 bits per heavy atom. The van der Waals surface area contributed by atoms with Gasteiger partial charge in [-0.2, -0.15) is 0 Å². The van der Waals surface area contributed by atoms with E-state index in [-0.39, 0.29) is 42.9 Å². The highest BCUT2D eigenvalue weighted by Crippen LogP contribution is 2.46. The van der Waals surface area contributed by atoms with Crippen molar-refractivity contribution >= 4 is 60.6 Å². The highest BCUT2D eigenvalue weighted by molar-refractivity contribution is 9.10. The number of nitrogens with zero attached hydrogens (tertiary/aromatic N) is 4. The van der Waals surface area contributed by atoms with Crippen LogP contribution in [0.2, 0.25) is 0 Å². The Hall–Kier alpha value is -4.45. The zero-order valence-electron chi connectivity index (χ0n) is 29.1. The van der Waals surface area contributed by atoms with E-state index in [0.29, 0.717) is 47.1 Å². The number of hydrogen-bond donors (Lipinski definition) is 3. The molecule has 7 rings (SSSR count). The van der Waals surface area contributed by atoms with Crippen LogP contribution in [0.5, 0.6) is 5.88 Å². The fourth-order valence-electron chi connectivity index (χ4n) is 6.98. The van der Waals surface area contributed by atoms with Crippen LogP contribution in [0.4, 0.5) is 4.39 Å². The Morgan fingerprint density at radius 1 is 1.11 bits per heavy atom. The molecule has 1 saturated heterocycles. The topological polar surface area (TPSA) is 203 Å². The maximum absolute atomic E-state index is 14.5. The number of benzene rings is 1. The molecule has 15 nitrogen and oxygen atoms in total. The maximum atomic E-state index is 14.5. The van der Waals surface area contributed by atoms with E-state index in [9.17, 15) is 32.0 Å². The first-order valence-electron chi connectivity index (χ1n) is 17.6. The molecule has 3 aromatic rings. The van der Waals surface area contributed by atoms with Crippen molar-refractivity contribution in [2.45, 2.75) is 101 Å². The van der Waals surface area contributed by atoms with Gasteiger partial charge in [0.2, 0.25) is 27.7 Å². The standard InChI is InChI=1S/C35H39BrFN7O8S/c1-18-12-27(42-52-18)30(45)39-25-9-7-5-3-4-6-8-20-16-35(20,34(48)43-53(49,50)23-10-11-23)41-31(46)28-15-22(17-44(28)33(25)47)51-32-19(2)38-29-24(36)13-21(37)14-26(29)40-32/h6,8,12-14,20,22-23,25,28H,3-5,7,9-11,15-17H2,1-2H3,(H,39,45)(H,41,46)(H,43,48)/b8-6-/t20-,22-,25+,28+,35-/m1/s1. The molecule has 18 heteroatoms. The lowest BCUT2D eigenvalue weighted by Crippen LogP contribution is -2.58. The number of fused-ring (bicyclic) bond motifs is 3. The van der Waals surface area contributed by atoms with Gasteiger partial charge in [0.1, 0.15) is 46.5 Å². The molecule has 0 spiro atoms. The Kier molecular flexibility index (Phi) is 10.0. The zero-order valence-corrected chi connectivity index (χ0v) is 31.5. The number of carbonyl (C=O) groups is 4. The summed E-state index contributed by atoms with van der Waals surface area (Å²) >= 11 is 3.31. The van der Waals surface area contributed by atoms with Crippen LogP contribution in [0.15, 0.2) is 39.3 Å². The minimum Gasteiger partial charge on any atom is -0.471 e. The van der Waals surface area contributed by atoms with Gasteiger partial charge in [-0.15, -0.1) is 0 Å². The number of ether oxygens (including phenoxy) is 1. The number of amides is 4. The molecule has 0 radical (unpaired) electrons. The molecule has 3 N–H and O–H groups in total. The molecule has 2 aromatic heterocycles. The number of hydrogen-bond acceptors (Lipinski definition) is 11. The second-order valence-corrected chi connectivity index (χ2v) is 17.0. The molecular weight excluding hydrogens is 777 g/mol. The van der Waals surface area contributed by atoms with Crippen molar-refractivity contribution in [1.29, 1.82) is 0 Å². The van der Waals surface area contributed by atoms with Gasteiger partial charge in [-0.05, 0) is 74.4 Å². The molecular formula is C35H39BrFN7O8S. The highest BCUT2D eigenvalue weighted by Gasteiger charge is 2.62. The minimum atomic E-state index is -3.92. The SMILES string of the molecule is Cc1cc(C(=O)N[C@H]2CCCCC/C=C\[C@@H]3C[C@@]3(C(=O)NS(=O)(=O)C3CC3)NC(=O)[C@@H]3C[C@@H](Oc4nc5cc(F)cc(Br)c5nc4C)CN3C2=O)no1. The van der Waals surface area contributed by atoms with Gasteiger partial charge in [0.25, 0.3) is 11.8 Å². The van der Waals surface area contributed by atoms with Crippen LogP contribution < -0.4 is 20.1 Å². The van der Waals surface area contributed by atoms with Crippen LogP contribution in [0.25, 0.3) is 11.0 Å². The fraction of sp³-hybridized carbons (Fsp3) is 0.514. The average molecular weight is 817 g/mol. The molecule has 4 aliphatic rings. The molecule has 5 atom stereocenters. The predicted octanol–water partition coefficient (Wildman–Crippen LogP) is 3.29. The number of nitrogens with one attached hydrogen (secondary N) is 3. The summed E-state index contributed by atoms with van der Waals surface area (Å²) in [4.78, 5) is 66.0. The molecule has 1 aromatic carbocycles. The monoisotopic (exact) mass is 815 g/mol. The third-order valence-electron chi connectivity index (χ3n) is 10.1. The van der Waals surface area contributed by atoms with Gasteiger partial charge in [0.15, 0.2) is 5.69 Å². The van der Waals surface area contributed by atoms with Gasteiger partial charge in [0, 0.05) is 28.9 Å². The van der Waals surface area contributed by atoms with Crippen molar-refractivity contribution in [3.05, 3.63) is 57.8 Å². The van der Waals surface area contributed by atoms with Crippen molar-refractivity contribution in [1.82, 2.24) is 35.4 Å². The Balaban J connectivity index is 1.20. The summed E-state index contributed by atoms with van der Waals surface area (Å²) in [7, 11) is -3.92. The molecule has 3 fully saturated rings. The summed E-state index contributed by atoms with van der Waals surface area (Å²) < 4.78 is 53.8. The number of aryl methyl sites for hydroxylation is 2. The number of allylic oxidation sites excluding steroid dienone is 1. The Bertz CT molecular complexity index is 2130. The summed E-state index contributed by atoms with van der Waals surface area (Å²) in [6, 6.07) is 1.71. The molecule has 4 amide bonds. The van der Waals surface area contributed by atoms with Crippen LogP contribution in [-0.2, 0) is 24.4 Å².